The molecule has 7 heteroatoms. The van der Waals surface area contributed by atoms with Gasteiger partial charge in [0.25, 0.3) is 0 Å². The summed E-state index contributed by atoms with van der Waals surface area (Å²) in [7, 11) is 0. The number of rotatable bonds is 2. The van der Waals surface area contributed by atoms with Gasteiger partial charge in [0.1, 0.15) is 0 Å². The Bertz CT molecular complexity index is 102. The first kappa shape index (κ1) is 29.2. The number of hydrogen-bond donors (Lipinski definition) is 5. The van der Waals surface area contributed by atoms with E-state index in [1.807, 2.05) is 0 Å². The zero-order chi connectivity index (χ0) is 11.3. The fourth-order valence-corrected chi connectivity index (χ4v) is 0.158. The molecule has 0 aliphatic rings. The number of hydrogen-bond acceptors (Lipinski definition) is 3. The molecule has 0 aliphatic heterocycles. The molecule has 0 aromatic heterocycles. The molecule has 5 N–H and O–H groups in total. The minimum absolute atomic E-state index is 0. The summed E-state index contributed by atoms with van der Waals surface area (Å²) in [5, 5.41) is 36.0. The summed E-state index contributed by atoms with van der Waals surface area (Å²) in [6.45, 7) is 2.40. The van der Waals surface area contributed by atoms with Gasteiger partial charge in [-0.05, 0) is 6.42 Å². The molecule has 0 heterocycles. The molecule has 0 aliphatic carbocycles. The highest BCUT2D eigenvalue weighted by Gasteiger charge is 1.70. The third kappa shape index (κ3) is 5510. The first-order valence-electron chi connectivity index (χ1n) is 3.33. The van der Waals surface area contributed by atoms with Crippen LogP contribution >= 0.6 is 0 Å². The molecular weight excluding hydrogens is 208 g/mol. The molecule has 0 rings (SSSR count). The van der Waals surface area contributed by atoms with Gasteiger partial charge in [0, 0.05) is 6.61 Å². The Kier molecular flexibility index (Phi) is 57.2. The van der Waals surface area contributed by atoms with E-state index >= 15 is 0 Å². The summed E-state index contributed by atoms with van der Waals surface area (Å²) >= 11 is 0. The van der Waals surface area contributed by atoms with E-state index in [9.17, 15) is 0 Å². The van der Waals surface area contributed by atoms with E-state index in [-0.39, 0.29) is 14.9 Å². The average molecular weight is 230 g/mol. The fourth-order valence-electron chi connectivity index (χ4n) is 0.158. The van der Waals surface area contributed by atoms with E-state index in [1.54, 1.807) is 0 Å². The summed E-state index contributed by atoms with van der Waals surface area (Å²) in [6.07, 6.45) is -1.63. The molecule has 0 fully saturated rings. The van der Waals surface area contributed by atoms with Crippen LogP contribution in [0.2, 0.25) is 0 Å². The minimum atomic E-state index is -1.83. The van der Waals surface area contributed by atoms with E-state index in [4.69, 9.17) is 35.1 Å². The standard InChI is InChI=1S/C4H10O.2CH2O3.2CH4/c1-2-3-4-5;2*2-1(3)4;;/h5H,2-4H2,1H3;2*(H2,2,3,4);2*1H4. The van der Waals surface area contributed by atoms with Crippen LogP contribution in [0.15, 0.2) is 0 Å². The summed E-state index contributed by atoms with van der Waals surface area (Å²) in [4.78, 5) is 17.1. The highest BCUT2D eigenvalue weighted by atomic mass is 16.6. The van der Waals surface area contributed by atoms with E-state index in [2.05, 4.69) is 6.92 Å². The maximum Gasteiger partial charge on any atom is 0.503 e. The fraction of sp³-hybridized carbons (Fsp3) is 0.750. The van der Waals surface area contributed by atoms with Gasteiger partial charge in [0.05, 0.1) is 0 Å². The zero-order valence-electron chi connectivity index (χ0n) is 7.17. The van der Waals surface area contributed by atoms with Gasteiger partial charge in [0.2, 0.25) is 0 Å². The number of aliphatic hydroxyl groups excluding tert-OH is 1. The molecule has 0 radical (unpaired) electrons. The van der Waals surface area contributed by atoms with Crippen LogP contribution in [0.5, 0.6) is 0 Å². The van der Waals surface area contributed by atoms with Crippen molar-refractivity contribution in [3.63, 3.8) is 0 Å². The highest BCUT2D eigenvalue weighted by molar-refractivity contribution is 5.53. The van der Waals surface area contributed by atoms with Gasteiger partial charge in [0.15, 0.2) is 0 Å². The molecule has 0 saturated heterocycles. The summed E-state index contributed by atoms with van der Waals surface area (Å²) in [5.74, 6) is 0. The van der Waals surface area contributed by atoms with Crippen LogP contribution in [0.1, 0.15) is 34.6 Å². The average Bonchev–Trinajstić information content (AvgIpc) is 1.86. The van der Waals surface area contributed by atoms with E-state index in [1.165, 1.54) is 0 Å². The number of carbonyl (C=O) groups is 2. The number of unbranched alkanes of at least 4 members (excludes halogenated alkanes) is 1. The topological polar surface area (TPSA) is 135 Å². The zero-order valence-corrected chi connectivity index (χ0v) is 7.17. The molecule has 0 spiro atoms. The Morgan fingerprint density at radius 3 is 1.13 bits per heavy atom. The Labute approximate surface area is 89.6 Å². The summed E-state index contributed by atoms with van der Waals surface area (Å²) in [5.41, 5.74) is 0. The molecule has 15 heavy (non-hydrogen) atoms. The molecule has 96 valence electrons. The van der Waals surface area contributed by atoms with Crippen molar-refractivity contribution in [2.45, 2.75) is 34.6 Å². The molecule has 0 bridgehead atoms. The maximum absolute atomic E-state index is 8.56. The van der Waals surface area contributed by atoms with Crippen molar-refractivity contribution >= 4 is 12.3 Å². The highest BCUT2D eigenvalue weighted by Crippen LogP contribution is 1.78. The number of carboxylic acid groups (broad SMARTS) is 4. The molecule has 0 aromatic carbocycles. The van der Waals surface area contributed by atoms with Gasteiger partial charge >= 0.3 is 12.3 Å². The third-order valence-electron chi connectivity index (χ3n) is 0.512. The third-order valence-corrected chi connectivity index (χ3v) is 0.512. The second-order valence-electron chi connectivity index (χ2n) is 1.64. The Hall–Kier alpha value is -1.50. The Balaban J connectivity index is -0.0000000315. The smallest absolute Gasteiger partial charge is 0.450 e. The van der Waals surface area contributed by atoms with Gasteiger partial charge < -0.3 is 25.5 Å². The van der Waals surface area contributed by atoms with Crippen LogP contribution in [0.3, 0.4) is 0 Å². The largest absolute Gasteiger partial charge is 0.503 e. The minimum Gasteiger partial charge on any atom is -0.450 e. The van der Waals surface area contributed by atoms with Crippen molar-refractivity contribution in [2.24, 2.45) is 0 Å². The SMILES string of the molecule is C.C.CCCCO.O=C(O)O.O=C(O)O. The summed E-state index contributed by atoms with van der Waals surface area (Å²) < 4.78 is 0. The van der Waals surface area contributed by atoms with Crippen LogP contribution in [0.25, 0.3) is 0 Å². The first-order chi connectivity index (χ1) is 5.88. The molecule has 0 saturated carbocycles. The van der Waals surface area contributed by atoms with Crippen LogP contribution in [-0.4, -0.2) is 44.5 Å². The van der Waals surface area contributed by atoms with Gasteiger partial charge in [-0.25, -0.2) is 9.59 Å². The summed E-state index contributed by atoms with van der Waals surface area (Å²) in [6, 6.07) is 0. The lowest BCUT2D eigenvalue weighted by atomic mass is 10.4. The quantitative estimate of drug-likeness (QED) is 0.491. The maximum atomic E-state index is 8.56. The Morgan fingerprint density at radius 2 is 1.13 bits per heavy atom. The molecular formula is C8H22O7. The van der Waals surface area contributed by atoms with Crippen molar-refractivity contribution in [1.29, 1.82) is 0 Å². The van der Waals surface area contributed by atoms with Crippen molar-refractivity contribution in [3.05, 3.63) is 0 Å². The van der Waals surface area contributed by atoms with Gasteiger partial charge in [-0.15, -0.1) is 0 Å². The molecule has 0 amide bonds. The van der Waals surface area contributed by atoms with Crippen molar-refractivity contribution in [3.8, 4) is 0 Å². The first-order valence-corrected chi connectivity index (χ1v) is 3.33. The van der Waals surface area contributed by atoms with E-state index in [0.717, 1.165) is 12.8 Å². The van der Waals surface area contributed by atoms with Crippen molar-refractivity contribution in [1.82, 2.24) is 0 Å². The molecule has 0 aromatic rings. The lowest BCUT2D eigenvalue weighted by Gasteiger charge is -1.79. The Morgan fingerprint density at radius 1 is 0.933 bits per heavy atom. The van der Waals surface area contributed by atoms with Crippen molar-refractivity contribution < 1.29 is 35.1 Å². The second kappa shape index (κ2) is 29.4. The molecule has 0 unspecified atom stereocenters. The molecule has 7 nitrogen and oxygen atoms in total. The monoisotopic (exact) mass is 230 g/mol. The predicted octanol–water partition coefficient (Wildman–Crippen LogP) is 2.50. The van der Waals surface area contributed by atoms with Gasteiger partial charge in [-0.2, -0.15) is 0 Å². The molecule has 0 atom stereocenters. The lowest BCUT2D eigenvalue weighted by Crippen LogP contribution is -1.81. The van der Waals surface area contributed by atoms with Gasteiger partial charge in [-0.3, -0.25) is 0 Å². The van der Waals surface area contributed by atoms with Crippen LogP contribution < -0.4 is 0 Å². The van der Waals surface area contributed by atoms with Crippen LogP contribution in [0.4, 0.5) is 9.59 Å². The second-order valence-corrected chi connectivity index (χ2v) is 1.64. The lowest BCUT2D eigenvalue weighted by molar-refractivity contribution is 0.135. The predicted molar refractivity (Wildman–Crippen MR) is 56.8 cm³/mol. The van der Waals surface area contributed by atoms with Crippen molar-refractivity contribution in [2.75, 3.05) is 6.61 Å². The van der Waals surface area contributed by atoms with Crippen LogP contribution in [0, 0.1) is 0 Å². The number of aliphatic hydroxyl groups is 1. The van der Waals surface area contributed by atoms with Gasteiger partial charge in [-0.1, -0.05) is 28.2 Å². The van der Waals surface area contributed by atoms with E-state index in [0.29, 0.717) is 6.61 Å². The van der Waals surface area contributed by atoms with E-state index < -0.39 is 12.3 Å². The normalized spacial score (nSPS) is 6.00. The van der Waals surface area contributed by atoms with Crippen LogP contribution in [-0.2, 0) is 0 Å².